The molecule has 1 aromatic carbocycles. The van der Waals surface area contributed by atoms with Gasteiger partial charge in [-0.05, 0) is 63.7 Å². The number of aromatic hydroxyl groups is 1. The van der Waals surface area contributed by atoms with Crippen LogP contribution in [0.15, 0.2) is 71.9 Å². The van der Waals surface area contributed by atoms with E-state index in [9.17, 15) is 4.39 Å². The molecule has 0 fully saturated rings. The van der Waals surface area contributed by atoms with Gasteiger partial charge in [-0.2, -0.15) is 0 Å². The summed E-state index contributed by atoms with van der Waals surface area (Å²) >= 11 is 0. The van der Waals surface area contributed by atoms with E-state index in [1.165, 1.54) is 17.7 Å². The van der Waals surface area contributed by atoms with Crippen LogP contribution in [-0.2, 0) is 0 Å². The van der Waals surface area contributed by atoms with Crippen molar-refractivity contribution in [3.63, 3.8) is 0 Å². The van der Waals surface area contributed by atoms with Gasteiger partial charge in [0.15, 0.2) is 0 Å². The summed E-state index contributed by atoms with van der Waals surface area (Å²) in [5.74, 6) is -0.395. The Morgan fingerprint density at radius 1 is 1.20 bits per heavy atom. The average molecular weight is 487 g/mol. The van der Waals surface area contributed by atoms with E-state index in [2.05, 4.69) is 70.9 Å². The van der Waals surface area contributed by atoms with Crippen LogP contribution in [-0.4, -0.2) is 34.8 Å². The highest BCUT2D eigenvalue weighted by Gasteiger charge is 2.12. The normalized spacial score (nSPS) is 12.5. The number of aryl methyl sites for hydroxylation is 1. The maximum Gasteiger partial charge on any atom is 0.129 e. The van der Waals surface area contributed by atoms with Crippen LogP contribution in [0.25, 0.3) is 0 Å². The first-order valence-corrected chi connectivity index (χ1v) is 13.1. The molecule has 0 bridgehead atoms. The average Bonchev–Trinajstić information content (AvgIpc) is 2.83. The lowest BCUT2D eigenvalue weighted by atomic mass is 10.1. The van der Waals surface area contributed by atoms with Gasteiger partial charge in [-0.25, -0.2) is 4.39 Å². The fourth-order valence-corrected chi connectivity index (χ4v) is 3.16. The third-order valence-corrected chi connectivity index (χ3v) is 5.22. The second-order valence-corrected chi connectivity index (χ2v) is 8.33. The van der Waals surface area contributed by atoms with Crippen LogP contribution in [0.4, 0.5) is 4.39 Å². The van der Waals surface area contributed by atoms with Gasteiger partial charge < -0.3 is 5.11 Å². The molecule has 1 aromatic rings. The number of aliphatic imine (C=N–C) groups is 1. The predicted octanol–water partition coefficient (Wildman–Crippen LogP) is 9.20. The Morgan fingerprint density at radius 3 is 2.34 bits per heavy atom. The molecule has 0 aliphatic rings. The second kappa shape index (κ2) is 22.0. The Morgan fingerprint density at radius 2 is 1.86 bits per heavy atom. The van der Waals surface area contributed by atoms with Crippen molar-refractivity contribution in [3.8, 4) is 5.75 Å². The standard InChI is InChI=1S/C22H38N2.C7H7FO.C2H6/c1-8-12-15-22(14-10-3)17-19(5)23-20(6)18-24(16-13-9-2)21(7)11-4;1-5-2-3-6(9)4-7(5)8;1-2/h9,12,14-15,21H,2,6,8,10-11,13,16-18H2,1,3-5,7H3;2-4,9H,1H3;1-2H3/b15-12-,22-14+,23-19?;;. The van der Waals surface area contributed by atoms with Gasteiger partial charge in [0.05, 0.1) is 0 Å². The lowest BCUT2D eigenvalue weighted by Gasteiger charge is -2.28. The van der Waals surface area contributed by atoms with Gasteiger partial charge >= 0.3 is 0 Å². The van der Waals surface area contributed by atoms with Crippen molar-refractivity contribution in [2.45, 2.75) is 93.5 Å². The van der Waals surface area contributed by atoms with E-state index in [1.807, 2.05) is 19.9 Å². The molecule has 0 spiro atoms. The molecule has 0 heterocycles. The Kier molecular flexibility index (Phi) is 21.8. The number of allylic oxidation sites excluding steroid dienone is 4. The number of phenolic OH excluding ortho intramolecular Hbond substituents is 1. The third-order valence-electron chi connectivity index (χ3n) is 5.22. The molecular formula is C31H51FN2O. The maximum atomic E-state index is 12.4. The summed E-state index contributed by atoms with van der Waals surface area (Å²) in [4.78, 5) is 7.20. The third kappa shape index (κ3) is 17.6. The molecule has 1 rings (SSSR count). The monoisotopic (exact) mass is 486 g/mol. The van der Waals surface area contributed by atoms with Gasteiger partial charge in [0, 0.05) is 43.0 Å². The zero-order chi connectivity index (χ0) is 27.2. The van der Waals surface area contributed by atoms with Gasteiger partial charge in [-0.3, -0.25) is 9.89 Å². The van der Waals surface area contributed by atoms with Crippen LogP contribution >= 0.6 is 0 Å². The summed E-state index contributed by atoms with van der Waals surface area (Å²) in [6.07, 6.45) is 13.9. The summed E-state index contributed by atoms with van der Waals surface area (Å²) in [5.41, 5.74) is 3.98. The summed E-state index contributed by atoms with van der Waals surface area (Å²) in [6.45, 7) is 26.4. The molecule has 35 heavy (non-hydrogen) atoms. The smallest absolute Gasteiger partial charge is 0.129 e. The molecule has 0 aliphatic heterocycles. The molecule has 0 amide bonds. The Hall–Kier alpha value is -2.46. The van der Waals surface area contributed by atoms with Crippen molar-refractivity contribution in [1.82, 2.24) is 4.90 Å². The first-order chi connectivity index (χ1) is 16.7. The van der Waals surface area contributed by atoms with E-state index < -0.39 is 0 Å². The van der Waals surface area contributed by atoms with Crippen molar-refractivity contribution >= 4 is 5.71 Å². The number of halogens is 1. The van der Waals surface area contributed by atoms with E-state index in [0.717, 1.165) is 62.7 Å². The second-order valence-electron chi connectivity index (χ2n) is 8.33. The highest BCUT2D eigenvalue weighted by molar-refractivity contribution is 5.85. The van der Waals surface area contributed by atoms with E-state index in [4.69, 9.17) is 10.1 Å². The van der Waals surface area contributed by atoms with Gasteiger partial charge in [-0.1, -0.05) is 71.6 Å². The topological polar surface area (TPSA) is 35.8 Å². The number of hydrogen-bond acceptors (Lipinski definition) is 3. The maximum absolute atomic E-state index is 12.4. The van der Waals surface area contributed by atoms with Gasteiger partial charge in [0.1, 0.15) is 11.6 Å². The molecule has 198 valence electrons. The van der Waals surface area contributed by atoms with Crippen molar-refractivity contribution in [3.05, 3.63) is 78.3 Å². The predicted molar refractivity (Wildman–Crippen MR) is 155 cm³/mol. The van der Waals surface area contributed by atoms with E-state index in [0.29, 0.717) is 11.6 Å². The number of benzene rings is 1. The Bertz CT molecular complexity index is 808. The zero-order valence-corrected chi connectivity index (χ0v) is 23.7. The van der Waals surface area contributed by atoms with Crippen LogP contribution in [0, 0.1) is 12.7 Å². The number of rotatable bonds is 13. The summed E-state index contributed by atoms with van der Waals surface area (Å²) in [5, 5.41) is 8.70. The Labute approximate surface area is 215 Å². The molecule has 3 nitrogen and oxygen atoms in total. The fraction of sp³-hybridized carbons (Fsp3) is 0.516. The van der Waals surface area contributed by atoms with Gasteiger partial charge in [0.25, 0.3) is 0 Å². The van der Waals surface area contributed by atoms with Crippen molar-refractivity contribution in [2.24, 2.45) is 4.99 Å². The number of nitrogens with zero attached hydrogens (tertiary/aromatic N) is 2. The fourth-order valence-electron chi connectivity index (χ4n) is 3.16. The van der Waals surface area contributed by atoms with Crippen LogP contribution in [0.3, 0.4) is 0 Å². The molecule has 1 unspecified atom stereocenters. The molecular weight excluding hydrogens is 435 g/mol. The van der Waals surface area contributed by atoms with Crippen molar-refractivity contribution in [1.29, 1.82) is 0 Å². The minimum Gasteiger partial charge on any atom is -0.508 e. The first-order valence-electron chi connectivity index (χ1n) is 13.1. The van der Waals surface area contributed by atoms with Crippen LogP contribution in [0.5, 0.6) is 5.75 Å². The number of phenols is 1. The minimum absolute atomic E-state index is 0.0295. The zero-order valence-electron chi connectivity index (χ0n) is 23.7. The van der Waals surface area contributed by atoms with Gasteiger partial charge in [-0.15, -0.1) is 6.58 Å². The van der Waals surface area contributed by atoms with E-state index in [-0.39, 0.29) is 11.6 Å². The van der Waals surface area contributed by atoms with E-state index in [1.54, 1.807) is 6.92 Å². The number of hydrogen-bond donors (Lipinski definition) is 1. The summed E-state index contributed by atoms with van der Waals surface area (Å²) in [7, 11) is 0. The highest BCUT2D eigenvalue weighted by atomic mass is 19.1. The summed E-state index contributed by atoms with van der Waals surface area (Å²) < 4.78 is 12.4. The molecule has 0 aromatic heterocycles. The quantitative estimate of drug-likeness (QED) is 0.171. The highest BCUT2D eigenvalue weighted by Crippen LogP contribution is 2.13. The van der Waals surface area contributed by atoms with Crippen LogP contribution in [0.2, 0.25) is 0 Å². The van der Waals surface area contributed by atoms with E-state index >= 15 is 0 Å². The summed E-state index contributed by atoms with van der Waals surface area (Å²) in [6, 6.07) is 4.62. The Balaban J connectivity index is 0. The molecule has 0 radical (unpaired) electrons. The van der Waals surface area contributed by atoms with Crippen LogP contribution < -0.4 is 0 Å². The minimum atomic E-state index is -0.366. The van der Waals surface area contributed by atoms with Crippen LogP contribution in [0.1, 0.15) is 86.1 Å². The molecule has 0 saturated heterocycles. The van der Waals surface area contributed by atoms with Crippen molar-refractivity contribution in [2.75, 3.05) is 13.1 Å². The first kappa shape index (κ1) is 34.7. The SMILES string of the molecule is C=CCCN(CC(=C)N=C(C)CC(/C=C\CC)=C/CC)C(C)CC.CC.Cc1ccc(O)cc1F. The largest absolute Gasteiger partial charge is 0.508 e. The molecule has 0 aliphatic carbocycles. The van der Waals surface area contributed by atoms with Crippen molar-refractivity contribution < 1.29 is 9.50 Å². The molecule has 1 N–H and O–H groups in total. The lowest BCUT2D eigenvalue weighted by Crippen LogP contribution is -2.34. The molecule has 1 atom stereocenters. The molecule has 4 heteroatoms. The van der Waals surface area contributed by atoms with Gasteiger partial charge in [0.2, 0.25) is 0 Å². The lowest BCUT2D eigenvalue weighted by molar-refractivity contribution is 0.225. The molecule has 0 saturated carbocycles.